The molecule has 0 N–H and O–H groups in total. The third kappa shape index (κ3) is 3.45. The van der Waals surface area contributed by atoms with Gasteiger partial charge in [-0.15, -0.1) is 11.3 Å². The number of hydrogen-bond donors (Lipinski definition) is 0. The lowest BCUT2D eigenvalue weighted by molar-refractivity contribution is -0.385. The predicted octanol–water partition coefficient (Wildman–Crippen LogP) is 3.26. The molecule has 0 spiro atoms. The summed E-state index contributed by atoms with van der Waals surface area (Å²) in [4.78, 5) is 26.1. The Morgan fingerprint density at radius 2 is 2.08 bits per heavy atom. The van der Waals surface area contributed by atoms with E-state index in [2.05, 4.69) is 4.98 Å². The summed E-state index contributed by atoms with van der Waals surface area (Å²) in [6.45, 7) is -0.384. The Morgan fingerprint density at radius 3 is 2.76 bits per heavy atom. The van der Waals surface area contributed by atoms with Crippen LogP contribution in [0.2, 0.25) is 0 Å². The van der Waals surface area contributed by atoms with Gasteiger partial charge in [0.1, 0.15) is 17.9 Å². The van der Waals surface area contributed by atoms with Crippen LogP contribution in [0.5, 0.6) is 5.75 Å². The van der Waals surface area contributed by atoms with Gasteiger partial charge >= 0.3 is 6.18 Å². The van der Waals surface area contributed by atoms with Crippen molar-refractivity contribution in [1.82, 2.24) is 9.38 Å². The van der Waals surface area contributed by atoms with Gasteiger partial charge in [0, 0.05) is 29.8 Å². The minimum absolute atomic E-state index is 0.152. The van der Waals surface area contributed by atoms with E-state index in [1.54, 1.807) is 5.38 Å². The second kappa shape index (κ2) is 6.16. The average molecular weight is 371 g/mol. The molecule has 7 nitrogen and oxygen atoms in total. The van der Waals surface area contributed by atoms with Gasteiger partial charge in [-0.2, -0.15) is 13.2 Å². The summed E-state index contributed by atoms with van der Waals surface area (Å²) in [6, 6.07) is 3.34. The largest absolute Gasteiger partial charge is 0.487 e. The molecule has 25 heavy (non-hydrogen) atoms. The van der Waals surface area contributed by atoms with Gasteiger partial charge in [-0.05, 0) is 6.07 Å². The molecule has 3 rings (SSSR count). The first-order chi connectivity index (χ1) is 11.8. The zero-order valence-corrected chi connectivity index (χ0v) is 13.0. The summed E-state index contributed by atoms with van der Waals surface area (Å²) in [5, 5.41) is 12.3. The van der Waals surface area contributed by atoms with Gasteiger partial charge in [0.05, 0.1) is 10.6 Å². The Kier molecular flexibility index (Phi) is 4.17. The number of rotatable bonds is 4. The highest BCUT2D eigenvalue weighted by molar-refractivity contribution is 7.15. The van der Waals surface area contributed by atoms with E-state index in [-0.39, 0.29) is 17.9 Å². The van der Waals surface area contributed by atoms with Crippen LogP contribution in [-0.4, -0.2) is 14.3 Å². The van der Waals surface area contributed by atoms with Crippen molar-refractivity contribution in [2.75, 3.05) is 0 Å². The van der Waals surface area contributed by atoms with Gasteiger partial charge in [0.25, 0.3) is 11.2 Å². The van der Waals surface area contributed by atoms with Gasteiger partial charge in [-0.3, -0.25) is 19.3 Å². The van der Waals surface area contributed by atoms with Crippen LogP contribution in [-0.2, 0) is 12.8 Å². The summed E-state index contributed by atoms with van der Waals surface area (Å²) >= 11 is 1.19. The molecule has 0 unspecified atom stereocenters. The zero-order valence-electron chi connectivity index (χ0n) is 12.2. The first-order valence-corrected chi connectivity index (χ1v) is 7.58. The maximum Gasteiger partial charge on any atom is 0.420 e. The lowest BCUT2D eigenvalue weighted by Gasteiger charge is -2.13. The quantitative estimate of drug-likeness (QED) is 0.519. The lowest BCUT2D eigenvalue weighted by Crippen LogP contribution is -2.15. The van der Waals surface area contributed by atoms with Crippen LogP contribution in [0.25, 0.3) is 4.96 Å². The normalized spacial score (nSPS) is 11.6. The Labute approximate surface area is 141 Å². The van der Waals surface area contributed by atoms with E-state index in [1.807, 2.05) is 0 Å². The molecule has 0 saturated carbocycles. The fourth-order valence-electron chi connectivity index (χ4n) is 2.09. The highest BCUT2D eigenvalue weighted by Gasteiger charge is 2.36. The van der Waals surface area contributed by atoms with Crippen LogP contribution in [0, 0.1) is 10.1 Å². The molecule has 0 amide bonds. The van der Waals surface area contributed by atoms with Gasteiger partial charge in [0.2, 0.25) is 0 Å². The molecule has 0 aliphatic rings. The number of aromatic nitrogens is 2. The van der Waals surface area contributed by atoms with Crippen molar-refractivity contribution in [3.63, 3.8) is 0 Å². The van der Waals surface area contributed by atoms with Crippen molar-refractivity contribution in [2.45, 2.75) is 12.8 Å². The summed E-state index contributed by atoms with van der Waals surface area (Å²) in [7, 11) is 0. The second-order valence-corrected chi connectivity index (χ2v) is 5.74. The van der Waals surface area contributed by atoms with E-state index >= 15 is 0 Å². The fraction of sp³-hybridized carbons (Fsp3) is 0.143. The number of nitro groups is 1. The number of hydrogen-bond acceptors (Lipinski definition) is 6. The predicted molar refractivity (Wildman–Crippen MR) is 81.8 cm³/mol. The summed E-state index contributed by atoms with van der Waals surface area (Å²) in [5.41, 5.74) is -2.20. The molecule has 0 aliphatic heterocycles. The molecular weight excluding hydrogens is 363 g/mol. The number of alkyl halides is 3. The molecule has 0 bridgehead atoms. The Hall–Kier alpha value is -2.95. The van der Waals surface area contributed by atoms with Crippen molar-refractivity contribution < 1.29 is 22.8 Å². The van der Waals surface area contributed by atoms with Crippen LogP contribution >= 0.6 is 11.3 Å². The number of nitrogens with zero attached hydrogens (tertiary/aromatic N) is 3. The topological polar surface area (TPSA) is 86.7 Å². The van der Waals surface area contributed by atoms with Gasteiger partial charge in [0.15, 0.2) is 4.96 Å². The van der Waals surface area contributed by atoms with E-state index in [1.165, 1.54) is 21.9 Å². The maximum absolute atomic E-state index is 13.1. The monoisotopic (exact) mass is 371 g/mol. The molecule has 1 aromatic carbocycles. The number of non-ortho nitro benzene ring substituents is 1. The van der Waals surface area contributed by atoms with E-state index < -0.39 is 28.1 Å². The van der Waals surface area contributed by atoms with E-state index in [9.17, 15) is 28.1 Å². The van der Waals surface area contributed by atoms with Crippen LogP contribution in [0.15, 0.2) is 40.6 Å². The average Bonchev–Trinajstić information content (AvgIpc) is 3.01. The third-order valence-electron chi connectivity index (χ3n) is 3.21. The van der Waals surface area contributed by atoms with Crippen molar-refractivity contribution >= 4 is 22.0 Å². The molecule has 130 valence electrons. The van der Waals surface area contributed by atoms with Gasteiger partial charge in [-0.25, -0.2) is 4.98 Å². The minimum Gasteiger partial charge on any atom is -0.487 e. The summed E-state index contributed by atoms with van der Waals surface area (Å²) in [5.74, 6) is -0.578. The lowest BCUT2D eigenvalue weighted by atomic mass is 10.1. The first-order valence-electron chi connectivity index (χ1n) is 6.70. The summed E-state index contributed by atoms with van der Waals surface area (Å²) < 4.78 is 45.6. The molecule has 0 fully saturated rings. The number of fused-ring (bicyclic) bond motifs is 1. The SMILES string of the molecule is O=c1cc(COc2ccc([N+](=O)[O-])cc2C(F)(F)F)nc2sccn12. The molecule has 11 heteroatoms. The molecule has 0 aliphatic carbocycles. The van der Waals surface area contributed by atoms with E-state index in [0.29, 0.717) is 11.0 Å². The molecule has 0 saturated heterocycles. The smallest absolute Gasteiger partial charge is 0.420 e. The first kappa shape index (κ1) is 16.9. The Balaban J connectivity index is 1.91. The van der Waals surface area contributed by atoms with Crippen molar-refractivity contribution in [3.05, 3.63) is 67.6 Å². The summed E-state index contributed by atoms with van der Waals surface area (Å²) in [6.07, 6.45) is -3.30. The Morgan fingerprint density at radius 1 is 1.32 bits per heavy atom. The van der Waals surface area contributed by atoms with Gasteiger partial charge < -0.3 is 4.74 Å². The highest BCUT2D eigenvalue weighted by Crippen LogP contribution is 2.38. The number of nitro benzene ring substituents is 1. The van der Waals surface area contributed by atoms with Crippen LogP contribution in [0.4, 0.5) is 18.9 Å². The van der Waals surface area contributed by atoms with Gasteiger partial charge in [-0.1, -0.05) is 0 Å². The van der Waals surface area contributed by atoms with E-state index in [0.717, 1.165) is 18.2 Å². The standard InChI is InChI=1S/C14H8F3N3O4S/c15-14(16,17)10-6-9(20(22)23)1-2-11(10)24-7-8-5-12(21)19-3-4-25-13(19)18-8/h1-6H,7H2. The molecule has 3 aromatic rings. The van der Waals surface area contributed by atoms with Crippen LogP contribution in [0.1, 0.15) is 11.3 Å². The fourth-order valence-corrected chi connectivity index (χ4v) is 2.83. The number of ether oxygens (including phenoxy) is 1. The third-order valence-corrected chi connectivity index (χ3v) is 3.97. The van der Waals surface area contributed by atoms with Crippen molar-refractivity contribution in [2.24, 2.45) is 0 Å². The molecule has 2 heterocycles. The highest BCUT2D eigenvalue weighted by atomic mass is 32.1. The van der Waals surface area contributed by atoms with Crippen molar-refractivity contribution in [1.29, 1.82) is 0 Å². The molecular formula is C14H8F3N3O4S. The molecule has 2 aromatic heterocycles. The zero-order chi connectivity index (χ0) is 18.2. The van der Waals surface area contributed by atoms with Crippen LogP contribution in [0.3, 0.4) is 0 Å². The molecule has 0 radical (unpaired) electrons. The van der Waals surface area contributed by atoms with Crippen LogP contribution < -0.4 is 10.3 Å². The Bertz CT molecular complexity index is 1010. The maximum atomic E-state index is 13.1. The second-order valence-electron chi connectivity index (χ2n) is 4.87. The minimum atomic E-state index is -4.83. The number of benzene rings is 1. The number of halogens is 3. The van der Waals surface area contributed by atoms with E-state index in [4.69, 9.17) is 4.74 Å². The molecule has 0 atom stereocenters. The van der Waals surface area contributed by atoms with Crippen molar-refractivity contribution in [3.8, 4) is 5.75 Å². The number of thiazole rings is 1.